The fourth-order valence-corrected chi connectivity index (χ4v) is 2.74. The fourth-order valence-electron chi connectivity index (χ4n) is 2.74. The standard InChI is InChI=1S/C17H23F2N3O3/c1-11(2)9-21-7-8-22(12(3)16(21)23)17(24)13-5-4-6-15(20-13)25-10-14(18)19/h4-6,11-12,14H,7-10H2,1-3H3. The summed E-state index contributed by atoms with van der Waals surface area (Å²) in [5, 5.41) is 0. The van der Waals surface area contributed by atoms with E-state index in [-0.39, 0.29) is 17.5 Å². The second-order valence-electron chi connectivity index (χ2n) is 6.42. The number of halogens is 2. The van der Waals surface area contributed by atoms with Crippen LogP contribution in [0.5, 0.6) is 5.88 Å². The highest BCUT2D eigenvalue weighted by Crippen LogP contribution is 2.17. The summed E-state index contributed by atoms with van der Waals surface area (Å²) in [6.07, 6.45) is -2.62. The van der Waals surface area contributed by atoms with E-state index in [1.54, 1.807) is 11.8 Å². The van der Waals surface area contributed by atoms with Crippen LogP contribution in [-0.2, 0) is 4.79 Å². The number of ether oxygens (including phenoxy) is 1. The summed E-state index contributed by atoms with van der Waals surface area (Å²) in [7, 11) is 0. The summed E-state index contributed by atoms with van der Waals surface area (Å²) >= 11 is 0. The number of alkyl halides is 2. The van der Waals surface area contributed by atoms with Gasteiger partial charge >= 0.3 is 0 Å². The summed E-state index contributed by atoms with van der Waals surface area (Å²) in [5.74, 6) is -0.196. The molecular weight excluding hydrogens is 332 g/mol. The predicted molar refractivity (Wildman–Crippen MR) is 87.7 cm³/mol. The number of piperazine rings is 1. The molecule has 1 aromatic heterocycles. The first kappa shape index (κ1) is 19.1. The molecular formula is C17H23F2N3O3. The summed E-state index contributed by atoms with van der Waals surface area (Å²) in [6, 6.07) is 3.82. The molecule has 1 unspecified atom stereocenters. The maximum atomic E-state index is 12.7. The van der Waals surface area contributed by atoms with E-state index in [2.05, 4.69) is 4.98 Å². The van der Waals surface area contributed by atoms with Crippen LogP contribution in [0.15, 0.2) is 18.2 Å². The Morgan fingerprint density at radius 3 is 2.72 bits per heavy atom. The number of pyridine rings is 1. The lowest BCUT2D eigenvalue weighted by Gasteiger charge is -2.39. The first-order valence-electron chi connectivity index (χ1n) is 8.27. The molecule has 138 valence electrons. The Morgan fingerprint density at radius 1 is 1.36 bits per heavy atom. The number of hydrogen-bond acceptors (Lipinski definition) is 4. The Morgan fingerprint density at radius 2 is 2.08 bits per heavy atom. The zero-order chi connectivity index (χ0) is 18.6. The average molecular weight is 355 g/mol. The van der Waals surface area contributed by atoms with E-state index in [0.717, 1.165) is 0 Å². The molecule has 1 saturated heterocycles. The van der Waals surface area contributed by atoms with Crippen molar-refractivity contribution in [2.75, 3.05) is 26.2 Å². The molecule has 0 spiro atoms. The molecule has 1 fully saturated rings. The number of aromatic nitrogens is 1. The summed E-state index contributed by atoms with van der Waals surface area (Å²) in [4.78, 5) is 32.3. The molecule has 0 radical (unpaired) electrons. The number of nitrogens with zero attached hydrogens (tertiary/aromatic N) is 3. The number of carbonyl (C=O) groups is 2. The van der Waals surface area contributed by atoms with E-state index < -0.39 is 25.0 Å². The molecule has 0 aliphatic carbocycles. The van der Waals surface area contributed by atoms with Crippen LogP contribution in [-0.4, -0.2) is 65.3 Å². The molecule has 1 aliphatic heterocycles. The number of amides is 2. The van der Waals surface area contributed by atoms with E-state index in [1.165, 1.54) is 23.1 Å². The molecule has 8 heteroatoms. The van der Waals surface area contributed by atoms with Crippen LogP contribution in [0.3, 0.4) is 0 Å². The van der Waals surface area contributed by atoms with Gasteiger partial charge in [-0.1, -0.05) is 19.9 Å². The van der Waals surface area contributed by atoms with Gasteiger partial charge in [-0.2, -0.15) is 0 Å². The molecule has 0 bridgehead atoms. The Hall–Kier alpha value is -2.25. The summed E-state index contributed by atoms with van der Waals surface area (Å²) in [5.41, 5.74) is 0.0729. The van der Waals surface area contributed by atoms with Crippen molar-refractivity contribution in [1.29, 1.82) is 0 Å². The normalized spacial score (nSPS) is 18.2. The van der Waals surface area contributed by atoms with Gasteiger partial charge in [0.1, 0.15) is 11.7 Å². The van der Waals surface area contributed by atoms with E-state index in [9.17, 15) is 18.4 Å². The van der Waals surface area contributed by atoms with Crippen LogP contribution < -0.4 is 4.74 Å². The third-order valence-electron chi connectivity index (χ3n) is 3.89. The van der Waals surface area contributed by atoms with Gasteiger partial charge in [0.05, 0.1) is 0 Å². The molecule has 0 saturated carbocycles. The molecule has 1 aromatic rings. The minimum atomic E-state index is -2.62. The number of rotatable bonds is 6. The van der Waals surface area contributed by atoms with Crippen molar-refractivity contribution in [2.24, 2.45) is 5.92 Å². The van der Waals surface area contributed by atoms with Gasteiger partial charge in [-0.15, -0.1) is 0 Å². The zero-order valence-corrected chi connectivity index (χ0v) is 14.6. The smallest absolute Gasteiger partial charge is 0.273 e. The molecule has 1 aliphatic rings. The van der Waals surface area contributed by atoms with Crippen molar-refractivity contribution in [1.82, 2.24) is 14.8 Å². The summed E-state index contributed by atoms with van der Waals surface area (Å²) < 4.78 is 29.3. The molecule has 0 aromatic carbocycles. The number of hydrogen-bond donors (Lipinski definition) is 0. The molecule has 6 nitrogen and oxygen atoms in total. The van der Waals surface area contributed by atoms with E-state index >= 15 is 0 Å². The summed E-state index contributed by atoms with van der Waals surface area (Å²) in [6.45, 7) is 6.49. The van der Waals surface area contributed by atoms with Gasteiger partial charge in [-0.05, 0) is 18.9 Å². The lowest BCUT2D eigenvalue weighted by molar-refractivity contribution is -0.140. The Balaban J connectivity index is 2.08. The zero-order valence-electron chi connectivity index (χ0n) is 14.6. The monoisotopic (exact) mass is 355 g/mol. The van der Waals surface area contributed by atoms with Crippen molar-refractivity contribution in [3.05, 3.63) is 23.9 Å². The largest absolute Gasteiger partial charge is 0.472 e. The maximum absolute atomic E-state index is 12.7. The van der Waals surface area contributed by atoms with Crippen LogP contribution >= 0.6 is 0 Å². The van der Waals surface area contributed by atoms with E-state index in [1.807, 2.05) is 13.8 Å². The molecule has 2 rings (SSSR count). The van der Waals surface area contributed by atoms with Crippen LogP contribution in [0.2, 0.25) is 0 Å². The van der Waals surface area contributed by atoms with E-state index in [4.69, 9.17) is 4.74 Å². The maximum Gasteiger partial charge on any atom is 0.273 e. The molecule has 1 atom stereocenters. The highest BCUT2D eigenvalue weighted by molar-refractivity contribution is 5.96. The SMILES string of the molecule is CC(C)CN1CCN(C(=O)c2cccc(OCC(F)F)n2)C(C)C1=O. The van der Waals surface area contributed by atoms with Crippen molar-refractivity contribution in [2.45, 2.75) is 33.2 Å². The van der Waals surface area contributed by atoms with Gasteiger partial charge in [0.25, 0.3) is 12.3 Å². The molecule has 0 N–H and O–H groups in total. The van der Waals surface area contributed by atoms with Gasteiger partial charge in [0.2, 0.25) is 11.8 Å². The van der Waals surface area contributed by atoms with Crippen molar-refractivity contribution in [3.8, 4) is 5.88 Å². The minimum Gasteiger partial charge on any atom is -0.472 e. The second-order valence-corrected chi connectivity index (χ2v) is 6.42. The van der Waals surface area contributed by atoms with Gasteiger partial charge in [-0.25, -0.2) is 13.8 Å². The highest BCUT2D eigenvalue weighted by atomic mass is 19.3. The lowest BCUT2D eigenvalue weighted by Crippen LogP contribution is -2.58. The molecule has 2 heterocycles. The Bertz CT molecular complexity index is 625. The average Bonchev–Trinajstić information content (AvgIpc) is 2.57. The van der Waals surface area contributed by atoms with Crippen LogP contribution in [0.1, 0.15) is 31.3 Å². The van der Waals surface area contributed by atoms with Crippen molar-refractivity contribution < 1.29 is 23.1 Å². The van der Waals surface area contributed by atoms with Crippen molar-refractivity contribution in [3.63, 3.8) is 0 Å². The quantitative estimate of drug-likeness (QED) is 0.784. The third kappa shape index (κ3) is 4.87. The molecule has 2 amide bonds. The Labute approximate surface area is 145 Å². The van der Waals surface area contributed by atoms with Crippen LogP contribution in [0.25, 0.3) is 0 Å². The fraction of sp³-hybridized carbons (Fsp3) is 0.588. The predicted octanol–water partition coefficient (Wildman–Crippen LogP) is 2.05. The minimum absolute atomic E-state index is 0.0384. The second kappa shape index (κ2) is 8.22. The topological polar surface area (TPSA) is 62.7 Å². The first-order valence-corrected chi connectivity index (χ1v) is 8.27. The van der Waals surface area contributed by atoms with Crippen molar-refractivity contribution >= 4 is 11.8 Å². The van der Waals surface area contributed by atoms with Gasteiger partial charge in [-0.3, -0.25) is 9.59 Å². The lowest BCUT2D eigenvalue weighted by atomic mass is 10.1. The molecule has 25 heavy (non-hydrogen) atoms. The van der Waals surface area contributed by atoms with E-state index in [0.29, 0.717) is 25.6 Å². The third-order valence-corrected chi connectivity index (χ3v) is 3.89. The van der Waals surface area contributed by atoms with Gasteiger partial charge < -0.3 is 14.5 Å². The van der Waals surface area contributed by atoms with Crippen LogP contribution in [0, 0.1) is 5.92 Å². The Kier molecular flexibility index (Phi) is 6.27. The van der Waals surface area contributed by atoms with Gasteiger partial charge in [0.15, 0.2) is 6.61 Å². The van der Waals surface area contributed by atoms with Crippen LogP contribution in [0.4, 0.5) is 8.78 Å². The first-order chi connectivity index (χ1) is 11.8. The number of carbonyl (C=O) groups excluding carboxylic acids is 2. The van der Waals surface area contributed by atoms with Gasteiger partial charge in [0, 0.05) is 25.7 Å². The highest BCUT2D eigenvalue weighted by Gasteiger charge is 2.35.